The third-order valence-corrected chi connectivity index (χ3v) is 6.01. The maximum Gasteiger partial charge on any atom is 0.256 e. The van der Waals surface area contributed by atoms with Crippen molar-refractivity contribution in [3.8, 4) is 11.5 Å². The Labute approximate surface area is 203 Å². The quantitative estimate of drug-likeness (QED) is 0.492. The lowest BCUT2D eigenvalue weighted by molar-refractivity contribution is -0.124. The monoisotopic (exact) mass is 475 g/mol. The Morgan fingerprint density at radius 3 is 2.09 bits per heavy atom. The van der Waals surface area contributed by atoms with E-state index in [1.165, 1.54) is 4.90 Å². The maximum absolute atomic E-state index is 13.5. The summed E-state index contributed by atoms with van der Waals surface area (Å²) in [5, 5.41) is 3.21. The molecule has 0 spiro atoms. The van der Waals surface area contributed by atoms with Gasteiger partial charge in [-0.25, -0.2) is 0 Å². The van der Waals surface area contributed by atoms with E-state index in [1.807, 2.05) is 42.5 Å². The second-order valence-corrected chi connectivity index (χ2v) is 8.13. The molecule has 1 fully saturated rings. The molecule has 0 aliphatic carbocycles. The molecular formula is C26H25N3O4S. The molecule has 1 heterocycles. The normalized spacial score (nSPS) is 15.4. The predicted molar refractivity (Wildman–Crippen MR) is 135 cm³/mol. The van der Waals surface area contributed by atoms with Crippen LogP contribution < -0.4 is 19.7 Å². The number of carbonyl (C=O) groups excluding carboxylic acids is 2. The SMILES string of the molecule is COc1ccc(CN2C(=S)N(c3ccc(OC)cc3)C(=O)[C@H]2CC(=O)Nc2ccccc2)cc1. The van der Waals surface area contributed by atoms with E-state index in [0.717, 1.165) is 11.3 Å². The Morgan fingerprint density at radius 2 is 1.50 bits per heavy atom. The van der Waals surface area contributed by atoms with Gasteiger partial charge in [0.1, 0.15) is 17.5 Å². The van der Waals surface area contributed by atoms with Crippen LogP contribution in [0, 0.1) is 0 Å². The Balaban J connectivity index is 1.60. The van der Waals surface area contributed by atoms with Gasteiger partial charge in [0.25, 0.3) is 5.91 Å². The van der Waals surface area contributed by atoms with E-state index < -0.39 is 6.04 Å². The van der Waals surface area contributed by atoms with Crippen LogP contribution in [0.3, 0.4) is 0 Å². The summed E-state index contributed by atoms with van der Waals surface area (Å²) in [4.78, 5) is 29.7. The molecule has 34 heavy (non-hydrogen) atoms. The number of nitrogens with zero attached hydrogens (tertiary/aromatic N) is 2. The number of hydrogen-bond donors (Lipinski definition) is 1. The fraction of sp³-hybridized carbons (Fsp3) is 0.192. The summed E-state index contributed by atoms with van der Waals surface area (Å²) in [6.07, 6.45) is -0.0311. The Hall–Kier alpha value is -3.91. The Kier molecular flexibility index (Phi) is 7.08. The molecule has 7 nitrogen and oxygen atoms in total. The molecular weight excluding hydrogens is 450 g/mol. The number of hydrogen-bond acceptors (Lipinski definition) is 5. The molecule has 3 aromatic carbocycles. The molecule has 8 heteroatoms. The highest BCUT2D eigenvalue weighted by Crippen LogP contribution is 2.30. The first-order valence-corrected chi connectivity index (χ1v) is 11.2. The van der Waals surface area contributed by atoms with Crippen LogP contribution in [0.4, 0.5) is 11.4 Å². The standard InChI is InChI=1S/C26H25N3O4S/c1-32-21-12-8-18(9-13-21)17-28-23(16-24(30)27-19-6-4-3-5-7-19)25(31)29(26(28)34)20-10-14-22(33-2)15-11-20/h3-15,23H,16-17H2,1-2H3,(H,27,30)/t23-/m1/s1. The molecule has 1 aliphatic heterocycles. The summed E-state index contributed by atoms with van der Waals surface area (Å²) < 4.78 is 10.5. The van der Waals surface area contributed by atoms with E-state index in [-0.39, 0.29) is 18.2 Å². The molecule has 3 aromatic rings. The third kappa shape index (κ3) is 5.02. The molecule has 1 N–H and O–H groups in total. The van der Waals surface area contributed by atoms with Crippen LogP contribution >= 0.6 is 12.2 Å². The van der Waals surface area contributed by atoms with Crippen LogP contribution in [0.25, 0.3) is 0 Å². The van der Waals surface area contributed by atoms with Gasteiger partial charge in [-0.15, -0.1) is 0 Å². The largest absolute Gasteiger partial charge is 0.497 e. The van der Waals surface area contributed by atoms with Gasteiger partial charge in [0.15, 0.2) is 5.11 Å². The zero-order valence-corrected chi connectivity index (χ0v) is 19.7. The first kappa shape index (κ1) is 23.3. The van der Waals surface area contributed by atoms with Gasteiger partial charge in [0.2, 0.25) is 5.91 Å². The number of benzene rings is 3. The Bertz CT molecular complexity index is 1170. The van der Waals surface area contributed by atoms with Crippen molar-refractivity contribution in [3.63, 3.8) is 0 Å². The number of nitrogens with one attached hydrogen (secondary N) is 1. The highest BCUT2D eigenvalue weighted by atomic mass is 32.1. The number of anilines is 2. The number of carbonyl (C=O) groups is 2. The number of rotatable bonds is 8. The van der Waals surface area contributed by atoms with E-state index in [4.69, 9.17) is 21.7 Å². The third-order valence-electron chi connectivity index (χ3n) is 5.60. The molecule has 4 rings (SSSR count). The van der Waals surface area contributed by atoms with E-state index in [9.17, 15) is 9.59 Å². The maximum atomic E-state index is 13.5. The first-order valence-electron chi connectivity index (χ1n) is 10.8. The zero-order chi connectivity index (χ0) is 24.1. The van der Waals surface area contributed by atoms with Crippen molar-refractivity contribution in [1.29, 1.82) is 0 Å². The fourth-order valence-corrected chi connectivity index (χ4v) is 4.21. The number of ether oxygens (including phenoxy) is 2. The lowest BCUT2D eigenvalue weighted by Crippen LogP contribution is -2.37. The number of methoxy groups -OCH3 is 2. The van der Waals surface area contributed by atoms with E-state index >= 15 is 0 Å². The molecule has 174 valence electrons. The summed E-state index contributed by atoms with van der Waals surface area (Å²) in [5.41, 5.74) is 2.25. The van der Waals surface area contributed by atoms with Crippen LogP contribution in [0.1, 0.15) is 12.0 Å². The molecule has 1 atom stereocenters. The predicted octanol–water partition coefficient (Wildman–Crippen LogP) is 4.23. The molecule has 2 amide bonds. The Morgan fingerprint density at radius 1 is 0.912 bits per heavy atom. The van der Waals surface area contributed by atoms with Gasteiger partial charge in [0.05, 0.1) is 26.3 Å². The van der Waals surface area contributed by atoms with Gasteiger partial charge in [-0.2, -0.15) is 0 Å². The van der Waals surface area contributed by atoms with Gasteiger partial charge in [-0.1, -0.05) is 30.3 Å². The fourth-order valence-electron chi connectivity index (χ4n) is 3.82. The van der Waals surface area contributed by atoms with Crippen molar-refractivity contribution >= 4 is 40.5 Å². The summed E-state index contributed by atoms with van der Waals surface area (Å²) >= 11 is 5.73. The van der Waals surface area contributed by atoms with Crippen LogP contribution in [0.5, 0.6) is 11.5 Å². The molecule has 1 saturated heterocycles. The summed E-state index contributed by atoms with van der Waals surface area (Å²) in [7, 11) is 3.19. The van der Waals surface area contributed by atoms with Gasteiger partial charge >= 0.3 is 0 Å². The highest BCUT2D eigenvalue weighted by Gasteiger charge is 2.44. The first-order chi connectivity index (χ1) is 16.5. The average Bonchev–Trinajstić information content (AvgIpc) is 3.09. The summed E-state index contributed by atoms with van der Waals surface area (Å²) in [6.45, 7) is 0.379. The topological polar surface area (TPSA) is 71.1 Å². The summed E-state index contributed by atoms with van der Waals surface area (Å²) in [5.74, 6) is 0.910. The molecule has 0 radical (unpaired) electrons. The van der Waals surface area contributed by atoms with E-state index in [2.05, 4.69) is 5.32 Å². The number of amides is 2. The molecule has 0 saturated carbocycles. The molecule has 0 bridgehead atoms. The van der Waals surface area contributed by atoms with Gasteiger partial charge in [-0.05, 0) is 66.3 Å². The minimum absolute atomic E-state index is 0.0311. The molecule has 0 aromatic heterocycles. The van der Waals surface area contributed by atoms with Crippen LogP contribution in [-0.4, -0.2) is 42.1 Å². The number of thiocarbonyl (C=S) groups is 1. The van der Waals surface area contributed by atoms with Gasteiger partial charge in [-0.3, -0.25) is 14.5 Å². The second kappa shape index (κ2) is 10.4. The van der Waals surface area contributed by atoms with Crippen LogP contribution in [0.15, 0.2) is 78.9 Å². The minimum atomic E-state index is -0.736. The van der Waals surface area contributed by atoms with Crippen molar-refractivity contribution in [2.75, 3.05) is 24.4 Å². The van der Waals surface area contributed by atoms with Crippen LogP contribution in [-0.2, 0) is 16.1 Å². The van der Waals surface area contributed by atoms with Crippen molar-refractivity contribution in [2.45, 2.75) is 19.0 Å². The van der Waals surface area contributed by atoms with Crippen molar-refractivity contribution in [2.24, 2.45) is 0 Å². The van der Waals surface area contributed by atoms with Crippen molar-refractivity contribution in [1.82, 2.24) is 4.90 Å². The average molecular weight is 476 g/mol. The number of para-hydroxylation sites is 1. The lowest BCUT2D eigenvalue weighted by Gasteiger charge is -2.24. The van der Waals surface area contributed by atoms with Gasteiger partial charge in [0, 0.05) is 12.2 Å². The lowest BCUT2D eigenvalue weighted by atomic mass is 10.1. The van der Waals surface area contributed by atoms with E-state index in [0.29, 0.717) is 28.8 Å². The van der Waals surface area contributed by atoms with Crippen LogP contribution in [0.2, 0.25) is 0 Å². The van der Waals surface area contributed by atoms with E-state index in [1.54, 1.807) is 55.5 Å². The summed E-state index contributed by atoms with van der Waals surface area (Å²) in [6, 6.07) is 23.1. The second-order valence-electron chi connectivity index (χ2n) is 7.76. The smallest absolute Gasteiger partial charge is 0.256 e. The van der Waals surface area contributed by atoms with Gasteiger partial charge < -0.3 is 19.7 Å². The minimum Gasteiger partial charge on any atom is -0.497 e. The molecule has 1 aliphatic rings. The van der Waals surface area contributed by atoms with Crippen molar-refractivity contribution in [3.05, 3.63) is 84.4 Å². The zero-order valence-electron chi connectivity index (χ0n) is 18.9. The molecule has 0 unspecified atom stereocenters. The highest BCUT2D eigenvalue weighted by molar-refractivity contribution is 7.80. The van der Waals surface area contributed by atoms with Crippen molar-refractivity contribution < 1.29 is 19.1 Å².